The van der Waals surface area contributed by atoms with Crippen molar-refractivity contribution in [2.24, 2.45) is 5.73 Å². The van der Waals surface area contributed by atoms with Gasteiger partial charge in [-0.15, -0.1) is 0 Å². The number of rotatable bonds is 4. The molecule has 1 aromatic rings. The highest BCUT2D eigenvalue weighted by atomic mass is 19.1. The lowest BCUT2D eigenvalue weighted by molar-refractivity contribution is -0.125. The molecule has 1 aliphatic rings. The van der Waals surface area contributed by atoms with Crippen molar-refractivity contribution in [3.63, 3.8) is 0 Å². The number of primary amides is 1. The zero-order chi connectivity index (χ0) is 15.4. The molecule has 1 heterocycles. The van der Waals surface area contributed by atoms with Crippen LogP contribution in [0.5, 0.6) is 0 Å². The Balaban J connectivity index is 2.00. The SMILES string of the molecule is Cc1ccc(F)cc1NC(=O)CN1CCNCC1C(N)=O. The number of carbonyl (C=O) groups is 2. The van der Waals surface area contributed by atoms with Crippen LogP contribution in [0.2, 0.25) is 0 Å². The van der Waals surface area contributed by atoms with E-state index in [1.54, 1.807) is 17.9 Å². The first-order valence-corrected chi connectivity index (χ1v) is 6.77. The monoisotopic (exact) mass is 294 g/mol. The maximum Gasteiger partial charge on any atom is 0.238 e. The van der Waals surface area contributed by atoms with Crippen molar-refractivity contribution < 1.29 is 14.0 Å². The molecule has 1 aromatic carbocycles. The van der Waals surface area contributed by atoms with Crippen molar-refractivity contribution >= 4 is 17.5 Å². The largest absolute Gasteiger partial charge is 0.368 e. The quantitative estimate of drug-likeness (QED) is 0.719. The second kappa shape index (κ2) is 6.64. The third kappa shape index (κ3) is 3.99. The van der Waals surface area contributed by atoms with Gasteiger partial charge in [-0.2, -0.15) is 0 Å². The molecule has 2 rings (SSSR count). The Morgan fingerprint density at radius 1 is 1.52 bits per heavy atom. The van der Waals surface area contributed by atoms with E-state index in [1.807, 2.05) is 0 Å². The predicted molar refractivity (Wildman–Crippen MR) is 77.2 cm³/mol. The number of aryl methyl sites for hydroxylation is 1. The van der Waals surface area contributed by atoms with Gasteiger partial charge in [0.25, 0.3) is 0 Å². The normalized spacial score (nSPS) is 19.2. The Kier molecular flexibility index (Phi) is 4.87. The highest BCUT2D eigenvalue weighted by Gasteiger charge is 2.28. The third-order valence-corrected chi connectivity index (χ3v) is 3.50. The second-order valence-corrected chi connectivity index (χ2v) is 5.10. The molecule has 1 saturated heterocycles. The lowest BCUT2D eigenvalue weighted by atomic mass is 10.1. The minimum atomic E-state index is -0.502. The van der Waals surface area contributed by atoms with Crippen LogP contribution in [0.3, 0.4) is 0 Å². The molecule has 1 unspecified atom stereocenters. The number of amides is 2. The summed E-state index contributed by atoms with van der Waals surface area (Å²) >= 11 is 0. The summed E-state index contributed by atoms with van der Waals surface area (Å²) in [5.74, 6) is -1.16. The molecule has 2 amide bonds. The van der Waals surface area contributed by atoms with E-state index >= 15 is 0 Å². The maximum atomic E-state index is 13.2. The summed E-state index contributed by atoms with van der Waals surface area (Å²) in [4.78, 5) is 25.2. The van der Waals surface area contributed by atoms with Gasteiger partial charge in [0.2, 0.25) is 11.8 Å². The van der Waals surface area contributed by atoms with Crippen LogP contribution in [-0.4, -0.2) is 48.9 Å². The molecule has 7 heteroatoms. The van der Waals surface area contributed by atoms with E-state index < -0.39 is 17.8 Å². The van der Waals surface area contributed by atoms with Crippen molar-refractivity contribution in [3.8, 4) is 0 Å². The summed E-state index contributed by atoms with van der Waals surface area (Å²) in [6, 6.07) is 3.71. The molecule has 0 bridgehead atoms. The number of piperazine rings is 1. The zero-order valence-electron chi connectivity index (χ0n) is 11.9. The van der Waals surface area contributed by atoms with E-state index in [9.17, 15) is 14.0 Å². The minimum absolute atomic E-state index is 0.0469. The van der Waals surface area contributed by atoms with Crippen LogP contribution < -0.4 is 16.4 Å². The van der Waals surface area contributed by atoms with Gasteiger partial charge in [-0.1, -0.05) is 6.07 Å². The number of anilines is 1. The van der Waals surface area contributed by atoms with Gasteiger partial charge in [0.05, 0.1) is 6.54 Å². The fraction of sp³-hybridized carbons (Fsp3) is 0.429. The molecule has 6 nitrogen and oxygen atoms in total. The van der Waals surface area contributed by atoms with E-state index in [-0.39, 0.29) is 12.5 Å². The molecular formula is C14H19FN4O2. The Bertz CT molecular complexity index is 550. The van der Waals surface area contributed by atoms with Gasteiger partial charge in [-0.3, -0.25) is 14.5 Å². The van der Waals surface area contributed by atoms with Crippen LogP contribution in [0, 0.1) is 12.7 Å². The Morgan fingerprint density at radius 3 is 3.00 bits per heavy atom. The molecule has 0 aromatic heterocycles. The number of carbonyl (C=O) groups excluding carboxylic acids is 2. The van der Waals surface area contributed by atoms with Gasteiger partial charge >= 0.3 is 0 Å². The van der Waals surface area contributed by atoms with E-state index in [1.165, 1.54) is 12.1 Å². The molecular weight excluding hydrogens is 275 g/mol. The van der Waals surface area contributed by atoms with Gasteiger partial charge in [0, 0.05) is 25.3 Å². The second-order valence-electron chi connectivity index (χ2n) is 5.10. The van der Waals surface area contributed by atoms with E-state index in [4.69, 9.17) is 5.73 Å². The molecule has 1 atom stereocenters. The number of hydrogen-bond donors (Lipinski definition) is 3. The summed E-state index contributed by atoms with van der Waals surface area (Å²) in [5.41, 5.74) is 6.54. The van der Waals surface area contributed by atoms with Crippen molar-refractivity contribution in [3.05, 3.63) is 29.6 Å². The molecule has 0 saturated carbocycles. The molecule has 1 fully saturated rings. The highest BCUT2D eigenvalue weighted by Crippen LogP contribution is 2.16. The van der Waals surface area contributed by atoms with Crippen molar-refractivity contribution in [1.82, 2.24) is 10.2 Å². The van der Waals surface area contributed by atoms with Crippen LogP contribution >= 0.6 is 0 Å². The molecule has 114 valence electrons. The van der Waals surface area contributed by atoms with Crippen LogP contribution in [0.15, 0.2) is 18.2 Å². The van der Waals surface area contributed by atoms with E-state index in [0.29, 0.717) is 25.3 Å². The lowest BCUT2D eigenvalue weighted by Crippen LogP contribution is -2.58. The van der Waals surface area contributed by atoms with Crippen molar-refractivity contribution in [1.29, 1.82) is 0 Å². The van der Waals surface area contributed by atoms with Crippen LogP contribution in [0.4, 0.5) is 10.1 Å². The first-order chi connectivity index (χ1) is 9.97. The van der Waals surface area contributed by atoms with E-state index in [0.717, 1.165) is 5.56 Å². The van der Waals surface area contributed by atoms with Gasteiger partial charge < -0.3 is 16.4 Å². The standard InChI is InChI=1S/C14H19FN4O2/c1-9-2-3-10(15)6-11(9)18-13(20)8-19-5-4-17-7-12(19)14(16)21/h2-3,6,12,17H,4-5,7-8H2,1H3,(H2,16,21)(H,18,20). The number of halogens is 1. The summed E-state index contributed by atoms with van der Waals surface area (Å²) < 4.78 is 13.2. The molecule has 0 spiro atoms. The first kappa shape index (κ1) is 15.4. The summed E-state index contributed by atoms with van der Waals surface area (Å²) in [6.07, 6.45) is 0. The van der Waals surface area contributed by atoms with Gasteiger partial charge in [-0.05, 0) is 24.6 Å². The van der Waals surface area contributed by atoms with Crippen LogP contribution in [-0.2, 0) is 9.59 Å². The number of hydrogen-bond acceptors (Lipinski definition) is 4. The maximum absolute atomic E-state index is 13.2. The molecule has 0 radical (unpaired) electrons. The minimum Gasteiger partial charge on any atom is -0.368 e. The van der Waals surface area contributed by atoms with E-state index in [2.05, 4.69) is 10.6 Å². The number of nitrogens with two attached hydrogens (primary N) is 1. The molecule has 1 aliphatic heterocycles. The first-order valence-electron chi connectivity index (χ1n) is 6.77. The fourth-order valence-electron chi connectivity index (χ4n) is 2.32. The van der Waals surface area contributed by atoms with Gasteiger partial charge in [-0.25, -0.2) is 4.39 Å². The Morgan fingerprint density at radius 2 is 2.29 bits per heavy atom. The van der Waals surface area contributed by atoms with Crippen molar-refractivity contribution in [2.75, 3.05) is 31.5 Å². The van der Waals surface area contributed by atoms with Crippen LogP contribution in [0.1, 0.15) is 5.56 Å². The lowest BCUT2D eigenvalue weighted by Gasteiger charge is -2.33. The summed E-state index contributed by atoms with van der Waals surface area (Å²) in [5, 5.41) is 5.73. The molecule has 21 heavy (non-hydrogen) atoms. The number of nitrogens with one attached hydrogen (secondary N) is 2. The van der Waals surface area contributed by atoms with Gasteiger partial charge in [0.1, 0.15) is 11.9 Å². The molecule has 4 N–H and O–H groups in total. The van der Waals surface area contributed by atoms with Crippen LogP contribution in [0.25, 0.3) is 0 Å². The van der Waals surface area contributed by atoms with Crippen molar-refractivity contribution in [2.45, 2.75) is 13.0 Å². The zero-order valence-corrected chi connectivity index (χ0v) is 11.9. The number of benzene rings is 1. The fourth-order valence-corrected chi connectivity index (χ4v) is 2.32. The Labute approximate surface area is 122 Å². The Hall–Kier alpha value is -1.99. The highest BCUT2D eigenvalue weighted by molar-refractivity contribution is 5.93. The summed E-state index contributed by atoms with van der Waals surface area (Å²) in [7, 11) is 0. The smallest absolute Gasteiger partial charge is 0.238 e. The topological polar surface area (TPSA) is 87.5 Å². The summed E-state index contributed by atoms with van der Waals surface area (Å²) in [6.45, 7) is 3.51. The average molecular weight is 294 g/mol. The third-order valence-electron chi connectivity index (χ3n) is 3.50. The molecule has 0 aliphatic carbocycles. The van der Waals surface area contributed by atoms with Gasteiger partial charge in [0.15, 0.2) is 0 Å². The number of nitrogens with zero attached hydrogens (tertiary/aromatic N) is 1. The average Bonchev–Trinajstić information content (AvgIpc) is 2.43. The predicted octanol–water partition coefficient (Wildman–Crippen LogP) is -0.168.